The molecule has 4 rings (SSSR count). The van der Waals surface area contributed by atoms with E-state index >= 15 is 0 Å². The third-order valence-corrected chi connectivity index (χ3v) is 9.01. The second kappa shape index (κ2) is 9.76. The number of fused-ring (bicyclic) bond motifs is 1. The smallest absolute Gasteiger partial charge is 0.250 e. The molecule has 1 aromatic carbocycles. The van der Waals surface area contributed by atoms with Gasteiger partial charge in [-0.1, -0.05) is 0 Å². The number of hydrogen-bond donors (Lipinski definition) is 2. The van der Waals surface area contributed by atoms with Crippen molar-refractivity contribution >= 4 is 44.5 Å². The number of carbonyl (C=O) groups excluding carboxylic acids is 2. The van der Waals surface area contributed by atoms with Crippen LogP contribution in [0, 0.1) is 0 Å². The number of carbonyl (C=O) groups is 2. The van der Waals surface area contributed by atoms with Crippen LogP contribution in [0.4, 0.5) is 0 Å². The summed E-state index contributed by atoms with van der Waals surface area (Å²) in [5.41, 5.74) is 9.47. The molecule has 10 heteroatoms. The third-order valence-electron chi connectivity index (χ3n) is 6.19. The van der Waals surface area contributed by atoms with Gasteiger partial charge in [0.25, 0.3) is 5.91 Å². The molecule has 33 heavy (non-hydrogen) atoms. The number of sulfonamides is 1. The zero-order valence-electron chi connectivity index (χ0n) is 18.4. The molecular weight excluding hydrogens is 462 g/mol. The number of benzene rings is 1. The zero-order chi connectivity index (χ0) is 23.6. The summed E-state index contributed by atoms with van der Waals surface area (Å²) in [5.74, 6) is -0.279. The Morgan fingerprint density at radius 2 is 2.03 bits per heavy atom. The molecule has 2 aromatic heterocycles. The molecule has 0 bridgehead atoms. The molecule has 0 saturated carbocycles. The number of hydrogen-bond acceptors (Lipinski definition) is 6. The molecular formula is C23H27N3O5S2. The second-order valence-corrected chi connectivity index (χ2v) is 11.3. The first-order valence-corrected chi connectivity index (χ1v) is 13.3. The molecule has 176 valence electrons. The van der Waals surface area contributed by atoms with E-state index in [1.807, 2.05) is 17.6 Å². The summed E-state index contributed by atoms with van der Waals surface area (Å²) in [7, 11) is -1.73. The van der Waals surface area contributed by atoms with Crippen LogP contribution in [0.25, 0.3) is 22.0 Å². The highest BCUT2D eigenvalue weighted by Gasteiger charge is 2.30. The SMILES string of the molecule is COCCCS(=O)(=O)N1CCC(c2c[nH]c3c(C(N)=O)cc(-c4csc(C=O)c4)cc23)CC1. The maximum atomic E-state index is 12.6. The van der Waals surface area contributed by atoms with Crippen molar-refractivity contribution in [2.45, 2.75) is 25.2 Å². The van der Waals surface area contributed by atoms with Crippen LogP contribution in [0.15, 0.2) is 29.8 Å². The monoisotopic (exact) mass is 489 g/mol. The molecule has 8 nitrogen and oxygen atoms in total. The zero-order valence-corrected chi connectivity index (χ0v) is 20.0. The van der Waals surface area contributed by atoms with Gasteiger partial charge in [-0.15, -0.1) is 11.3 Å². The van der Waals surface area contributed by atoms with E-state index in [1.165, 1.54) is 11.3 Å². The largest absolute Gasteiger partial charge is 0.385 e. The number of nitrogens with zero attached hydrogens (tertiary/aromatic N) is 1. The topological polar surface area (TPSA) is 123 Å². The number of nitrogens with one attached hydrogen (secondary N) is 1. The Labute approximate surface area is 196 Å². The number of amides is 1. The fourth-order valence-electron chi connectivity index (χ4n) is 4.48. The number of aldehydes is 1. The van der Waals surface area contributed by atoms with E-state index in [2.05, 4.69) is 4.98 Å². The molecule has 0 radical (unpaired) electrons. The quantitative estimate of drug-likeness (QED) is 0.352. The Morgan fingerprint density at radius 1 is 1.27 bits per heavy atom. The Bertz CT molecular complexity index is 1270. The minimum atomic E-state index is -3.29. The summed E-state index contributed by atoms with van der Waals surface area (Å²) in [5, 5.41) is 2.79. The molecule has 1 aliphatic heterocycles. The van der Waals surface area contributed by atoms with Gasteiger partial charge in [-0.05, 0) is 65.4 Å². The van der Waals surface area contributed by atoms with Crippen molar-refractivity contribution in [2.24, 2.45) is 5.73 Å². The van der Waals surface area contributed by atoms with Crippen LogP contribution < -0.4 is 5.73 Å². The van der Waals surface area contributed by atoms with Crippen molar-refractivity contribution in [3.05, 3.63) is 45.8 Å². The Kier molecular flexibility index (Phi) is 6.99. The summed E-state index contributed by atoms with van der Waals surface area (Å²) in [4.78, 5) is 27.1. The molecule has 1 saturated heterocycles. The lowest BCUT2D eigenvalue weighted by molar-refractivity contribution is 0.100. The summed E-state index contributed by atoms with van der Waals surface area (Å²) in [6, 6.07) is 5.55. The van der Waals surface area contributed by atoms with Crippen LogP contribution in [0.5, 0.6) is 0 Å². The minimum absolute atomic E-state index is 0.0906. The number of piperidine rings is 1. The normalized spacial score (nSPS) is 15.8. The molecule has 1 aliphatic rings. The molecule has 1 fully saturated rings. The number of methoxy groups -OCH3 is 1. The maximum Gasteiger partial charge on any atom is 0.250 e. The maximum absolute atomic E-state index is 12.6. The second-order valence-electron chi connectivity index (χ2n) is 8.25. The van der Waals surface area contributed by atoms with E-state index in [9.17, 15) is 18.0 Å². The highest BCUT2D eigenvalue weighted by Crippen LogP contribution is 2.37. The first-order chi connectivity index (χ1) is 15.8. The number of H-pyrrole nitrogens is 1. The van der Waals surface area contributed by atoms with Crippen molar-refractivity contribution in [1.29, 1.82) is 0 Å². The summed E-state index contributed by atoms with van der Waals surface area (Å²) in [6.07, 6.45) is 4.58. The molecule has 3 aromatic rings. The van der Waals surface area contributed by atoms with Crippen LogP contribution in [0.1, 0.15) is 50.8 Å². The van der Waals surface area contributed by atoms with Gasteiger partial charge in [0.1, 0.15) is 0 Å². The van der Waals surface area contributed by atoms with Crippen LogP contribution in [-0.2, 0) is 14.8 Å². The van der Waals surface area contributed by atoms with Gasteiger partial charge in [-0.2, -0.15) is 0 Å². The molecule has 1 amide bonds. The summed E-state index contributed by atoms with van der Waals surface area (Å²) < 4.78 is 31.7. The van der Waals surface area contributed by atoms with Crippen LogP contribution >= 0.6 is 11.3 Å². The first kappa shape index (κ1) is 23.6. The lowest BCUT2D eigenvalue weighted by Crippen LogP contribution is -2.39. The van der Waals surface area contributed by atoms with Crippen LogP contribution in [0.3, 0.4) is 0 Å². The van der Waals surface area contributed by atoms with Gasteiger partial charge in [0.2, 0.25) is 10.0 Å². The lowest BCUT2D eigenvalue weighted by Gasteiger charge is -2.31. The van der Waals surface area contributed by atoms with E-state index < -0.39 is 15.9 Å². The van der Waals surface area contributed by atoms with Crippen LogP contribution in [-0.4, -0.2) is 62.5 Å². The van der Waals surface area contributed by atoms with E-state index in [-0.39, 0.29) is 11.7 Å². The first-order valence-electron chi connectivity index (χ1n) is 10.8. The van der Waals surface area contributed by atoms with E-state index in [0.717, 1.165) is 28.4 Å². The minimum Gasteiger partial charge on any atom is -0.385 e. The fraction of sp³-hybridized carbons (Fsp3) is 0.391. The number of primary amides is 1. The Balaban J connectivity index is 1.61. The van der Waals surface area contributed by atoms with Crippen molar-refractivity contribution in [3.63, 3.8) is 0 Å². The average molecular weight is 490 g/mol. The van der Waals surface area contributed by atoms with Gasteiger partial charge >= 0.3 is 0 Å². The number of rotatable bonds is 9. The van der Waals surface area contributed by atoms with Gasteiger partial charge < -0.3 is 15.5 Å². The van der Waals surface area contributed by atoms with Crippen molar-refractivity contribution in [1.82, 2.24) is 9.29 Å². The van der Waals surface area contributed by atoms with Gasteiger partial charge in [0, 0.05) is 38.4 Å². The van der Waals surface area contributed by atoms with Gasteiger partial charge in [0.15, 0.2) is 6.29 Å². The summed E-state index contributed by atoms with van der Waals surface area (Å²) in [6.45, 7) is 1.35. The lowest BCUT2D eigenvalue weighted by atomic mass is 9.88. The van der Waals surface area contributed by atoms with Crippen molar-refractivity contribution < 1.29 is 22.7 Å². The van der Waals surface area contributed by atoms with E-state index in [0.29, 0.717) is 54.9 Å². The average Bonchev–Trinajstić information content (AvgIpc) is 3.45. The van der Waals surface area contributed by atoms with Crippen molar-refractivity contribution in [2.75, 3.05) is 32.6 Å². The number of nitrogens with two attached hydrogens (primary N) is 1. The number of aromatic nitrogens is 1. The molecule has 0 unspecified atom stereocenters. The molecule has 3 N–H and O–H groups in total. The summed E-state index contributed by atoms with van der Waals surface area (Å²) >= 11 is 1.35. The molecule has 0 spiro atoms. The van der Waals surface area contributed by atoms with Gasteiger partial charge in [0.05, 0.1) is 21.7 Å². The van der Waals surface area contributed by atoms with E-state index in [1.54, 1.807) is 23.5 Å². The Hall–Kier alpha value is -2.53. The fourth-order valence-corrected chi connectivity index (χ4v) is 6.70. The highest BCUT2D eigenvalue weighted by atomic mass is 32.2. The number of ether oxygens (including phenoxy) is 1. The molecule has 0 aliphatic carbocycles. The highest BCUT2D eigenvalue weighted by molar-refractivity contribution is 7.89. The molecule has 3 heterocycles. The number of thiophene rings is 1. The predicted molar refractivity (Wildman–Crippen MR) is 129 cm³/mol. The third kappa shape index (κ3) is 4.89. The van der Waals surface area contributed by atoms with Crippen molar-refractivity contribution in [3.8, 4) is 11.1 Å². The predicted octanol–water partition coefficient (Wildman–Crippen LogP) is 3.35. The van der Waals surface area contributed by atoms with E-state index in [4.69, 9.17) is 10.5 Å². The van der Waals surface area contributed by atoms with Gasteiger partial charge in [-0.3, -0.25) is 9.59 Å². The van der Waals surface area contributed by atoms with Crippen LogP contribution in [0.2, 0.25) is 0 Å². The standard InChI is InChI=1S/C23H27N3O5S2/c1-31-7-2-8-33(29,30)26-5-3-15(4-6-26)21-12-25-22-19(21)10-16(11-20(22)23(24)28)17-9-18(13-27)32-14-17/h9-15,25H,2-8H2,1H3,(H2,24,28). The number of aromatic amines is 1. The molecule has 0 atom stereocenters. The Morgan fingerprint density at radius 3 is 2.67 bits per heavy atom. The van der Waals surface area contributed by atoms with Gasteiger partial charge in [-0.25, -0.2) is 12.7 Å².